The fourth-order valence-electron chi connectivity index (χ4n) is 13.9. The standard InChI is InChI=1S/2C37H42ClN5O9S/c2*1-6-21-17-37(21,35(48)42-53(49,50)25-12-13-25)43-19-24(52-33-27-15-22(38)9-14-26(27)29(51-5)18-39-33)16-28(43)31(44)41-32(45)30(36(2,3)4)40-23-10-7-20(8-11-23)34(46)47/h2*6-11,14-15,18,21,24-25,28,30,40H,1,12-13,16-17,19H2,2-5H3,(H,42,48)(H,46,47)(H,41,44,45)/t21-,24?,28+,30+,37-;21-,24-,28+,30-,37-/m11/s1. The molecule has 4 heterocycles. The third-order valence-electron chi connectivity index (χ3n) is 20.1. The van der Waals surface area contributed by atoms with Gasteiger partial charge in [0.2, 0.25) is 55.4 Å². The van der Waals surface area contributed by atoms with Gasteiger partial charge in [-0.15, -0.1) is 13.2 Å². The highest BCUT2D eigenvalue weighted by molar-refractivity contribution is 7.91. The van der Waals surface area contributed by atoms with Crippen molar-refractivity contribution in [3.8, 4) is 23.3 Å². The van der Waals surface area contributed by atoms with E-state index in [0.717, 1.165) is 0 Å². The van der Waals surface area contributed by atoms with Gasteiger partial charge in [-0.05, 0) is 134 Å². The first-order valence-electron chi connectivity index (χ1n) is 34.3. The van der Waals surface area contributed by atoms with E-state index in [-0.39, 0.29) is 61.7 Å². The van der Waals surface area contributed by atoms with Crippen molar-refractivity contribution in [1.82, 2.24) is 39.8 Å². The van der Waals surface area contributed by atoms with Gasteiger partial charge in [0, 0.05) is 80.7 Å². The lowest BCUT2D eigenvalue weighted by Gasteiger charge is -2.34. The Bertz CT molecular complexity index is 4460. The number of sulfonamides is 2. The third-order valence-corrected chi connectivity index (χ3v) is 24.2. The van der Waals surface area contributed by atoms with Gasteiger partial charge in [0.15, 0.2) is 0 Å². The molecule has 106 heavy (non-hydrogen) atoms. The van der Waals surface area contributed by atoms with Crippen molar-refractivity contribution in [2.75, 3.05) is 37.9 Å². The number of rotatable bonds is 26. The summed E-state index contributed by atoms with van der Waals surface area (Å²) in [5.41, 5.74) is -3.26. The highest BCUT2D eigenvalue weighted by Gasteiger charge is 2.69. The number of likely N-dealkylation sites (tertiary alicyclic amines) is 2. The number of methoxy groups -OCH3 is 2. The van der Waals surface area contributed by atoms with E-state index in [1.165, 1.54) is 75.1 Å². The van der Waals surface area contributed by atoms with E-state index in [0.29, 0.717) is 80.1 Å². The number of hydrogen-bond donors (Lipinski definition) is 8. The van der Waals surface area contributed by atoms with E-state index in [9.17, 15) is 65.4 Å². The first-order valence-corrected chi connectivity index (χ1v) is 38.2. The number of carboxylic acids is 2. The smallest absolute Gasteiger partial charge is 0.335 e. The molecule has 2 aliphatic heterocycles. The number of ether oxygens (including phenoxy) is 4. The molecule has 4 saturated carbocycles. The molecule has 2 aromatic heterocycles. The minimum Gasteiger partial charge on any atom is -0.494 e. The molecule has 8 N–H and O–H groups in total. The number of amides is 6. The lowest BCUT2D eigenvalue weighted by Crippen LogP contribution is -2.59. The maximum Gasteiger partial charge on any atom is 0.335 e. The topological polar surface area (TPSA) is 387 Å². The van der Waals surface area contributed by atoms with Crippen molar-refractivity contribution in [3.63, 3.8) is 0 Å². The van der Waals surface area contributed by atoms with Crippen LogP contribution in [-0.4, -0.2) is 179 Å². The van der Waals surface area contributed by atoms with E-state index in [2.05, 4.69) is 53.8 Å². The van der Waals surface area contributed by atoms with Crippen LogP contribution in [0.15, 0.2) is 123 Å². The molecule has 32 heteroatoms. The average Bonchev–Trinajstić information content (AvgIpc) is 1.55. The largest absolute Gasteiger partial charge is 0.494 e. The Balaban J connectivity index is 0.000000212. The molecule has 6 aliphatic rings. The van der Waals surface area contributed by atoms with Crippen molar-refractivity contribution in [2.24, 2.45) is 22.7 Å². The summed E-state index contributed by atoms with van der Waals surface area (Å²) in [6.45, 7) is 18.6. The molecule has 1 unspecified atom stereocenters. The number of carboxylic acid groups (broad SMARTS) is 2. The number of nitrogens with zero attached hydrogens (tertiary/aromatic N) is 4. The van der Waals surface area contributed by atoms with E-state index in [1.807, 2.05) is 41.5 Å². The monoisotopic (exact) mass is 1530 g/mol. The van der Waals surface area contributed by atoms with Crippen LogP contribution in [0.3, 0.4) is 0 Å². The molecular weight excluding hydrogens is 1450 g/mol. The molecule has 28 nitrogen and oxygen atoms in total. The van der Waals surface area contributed by atoms with Crippen LogP contribution in [0.4, 0.5) is 11.4 Å². The maximum absolute atomic E-state index is 14.3. The van der Waals surface area contributed by atoms with Crippen molar-refractivity contribution in [3.05, 3.63) is 144 Å². The van der Waals surface area contributed by atoms with Crippen molar-refractivity contribution in [2.45, 2.75) is 151 Å². The molecule has 10 atom stereocenters. The second-order valence-electron chi connectivity index (χ2n) is 29.6. The summed E-state index contributed by atoms with van der Waals surface area (Å²) < 4.78 is 80.1. The van der Waals surface area contributed by atoms with E-state index < -0.39 is 148 Å². The van der Waals surface area contributed by atoms with Crippen molar-refractivity contribution >= 4 is 124 Å². The zero-order valence-corrected chi connectivity index (χ0v) is 62.6. The number of anilines is 2. The molecule has 12 rings (SSSR count). The third kappa shape index (κ3) is 16.4. The lowest BCUT2D eigenvalue weighted by atomic mass is 9.85. The van der Waals surface area contributed by atoms with Crippen molar-refractivity contribution < 1.29 is 84.4 Å². The Labute approximate surface area is 622 Å². The summed E-state index contributed by atoms with van der Waals surface area (Å²) >= 11 is 12.7. The number of aromatic carboxylic acids is 2. The molecule has 564 valence electrons. The number of nitrogens with one attached hydrogen (secondary N) is 6. The van der Waals surface area contributed by atoms with Gasteiger partial charge in [-0.3, -0.25) is 58.6 Å². The van der Waals surface area contributed by atoms with Crippen LogP contribution in [0.2, 0.25) is 10.0 Å². The summed E-state index contributed by atoms with van der Waals surface area (Å²) in [5.74, 6) is -6.02. The van der Waals surface area contributed by atoms with Gasteiger partial charge in [0.1, 0.15) is 46.9 Å². The Morgan fingerprint density at radius 2 is 0.906 bits per heavy atom. The Kier molecular flexibility index (Phi) is 22.0. The van der Waals surface area contributed by atoms with Crippen LogP contribution in [0, 0.1) is 22.7 Å². The SMILES string of the molecule is C=C[C@@H]1C[C@@]1(C(=O)NS(=O)(=O)C1CC1)N1CC(Oc2ncc(OC)c3ccc(Cl)cc23)C[C@H]1C(=O)NC(=O)[C@H](Nc1ccc(C(=O)O)cc1)C(C)(C)C.C=C[C@@H]1C[C@@]1(C(=O)NS(=O)(=O)C1CC1)N1C[C@H](Oc2ncc(OC)c3ccc(Cl)cc23)C[C@H]1C(=O)NC(=O)[C@@H](Nc1ccc(C(=O)O)cc1)C(C)(C)C. The molecule has 2 saturated heterocycles. The first kappa shape index (κ1) is 77.6. The van der Waals surface area contributed by atoms with Gasteiger partial charge >= 0.3 is 11.9 Å². The quantitative estimate of drug-likeness (QED) is 0.0237. The van der Waals surface area contributed by atoms with Gasteiger partial charge in [0.05, 0.1) is 60.3 Å². The fourth-order valence-corrected chi connectivity index (χ4v) is 16.9. The summed E-state index contributed by atoms with van der Waals surface area (Å²) in [6.07, 6.45) is 6.91. The number of fused-ring (bicyclic) bond motifs is 2. The van der Waals surface area contributed by atoms with Crippen LogP contribution < -0.4 is 49.7 Å². The highest BCUT2D eigenvalue weighted by atomic mass is 35.5. The van der Waals surface area contributed by atoms with Gasteiger partial charge in [0.25, 0.3) is 11.8 Å². The van der Waals surface area contributed by atoms with Crippen LogP contribution in [0.5, 0.6) is 23.3 Å². The Morgan fingerprint density at radius 3 is 1.20 bits per heavy atom. The van der Waals surface area contributed by atoms with Gasteiger partial charge in [-0.1, -0.05) is 76.9 Å². The van der Waals surface area contributed by atoms with Crippen molar-refractivity contribution in [1.29, 1.82) is 0 Å². The molecule has 0 radical (unpaired) electrons. The number of halogens is 2. The molecule has 0 spiro atoms. The van der Waals surface area contributed by atoms with Gasteiger partial charge in [-0.25, -0.2) is 36.4 Å². The predicted octanol–water partition coefficient (Wildman–Crippen LogP) is 8.28. The van der Waals surface area contributed by atoms with E-state index >= 15 is 0 Å². The number of carbonyl (C=O) groups is 8. The molecule has 0 bridgehead atoms. The summed E-state index contributed by atoms with van der Waals surface area (Å²) in [6, 6.07) is 17.9. The van der Waals surface area contributed by atoms with Gasteiger partial charge < -0.3 is 39.8 Å². The van der Waals surface area contributed by atoms with Crippen LogP contribution in [0.25, 0.3) is 21.5 Å². The Hall–Kier alpha value is -9.46. The second-order valence-corrected chi connectivity index (χ2v) is 34.4. The molecular formula is C74H84Cl2N10O18S2. The number of carbonyl (C=O) groups excluding carboxylic acids is 6. The van der Waals surface area contributed by atoms with Gasteiger partial charge in [-0.2, -0.15) is 0 Å². The average molecular weight is 1540 g/mol. The minimum absolute atomic E-state index is 0.0140. The number of imide groups is 2. The first-order chi connectivity index (χ1) is 50.0. The number of benzene rings is 4. The van der Waals surface area contributed by atoms with Crippen LogP contribution >= 0.6 is 23.2 Å². The number of hydrogen-bond acceptors (Lipinski definition) is 22. The zero-order chi connectivity index (χ0) is 76.9. The molecule has 6 amide bonds. The van der Waals surface area contributed by atoms with Crippen LogP contribution in [0.1, 0.15) is 114 Å². The predicted molar refractivity (Wildman–Crippen MR) is 395 cm³/mol. The zero-order valence-electron chi connectivity index (χ0n) is 59.4. The van der Waals surface area contributed by atoms with E-state index in [4.69, 9.17) is 42.1 Å². The highest BCUT2D eigenvalue weighted by Crippen LogP contribution is 2.55. The maximum atomic E-state index is 14.3. The molecule has 4 aromatic carbocycles. The molecule has 6 fully saturated rings. The number of aromatic nitrogens is 2. The summed E-state index contributed by atoms with van der Waals surface area (Å²) in [5, 5.41) is 31.9. The number of pyridine rings is 2. The van der Waals surface area contributed by atoms with E-state index in [1.54, 1.807) is 58.4 Å². The molecule has 6 aromatic rings. The fraction of sp³-hybridized carbons (Fsp3) is 0.432. The molecule has 4 aliphatic carbocycles. The summed E-state index contributed by atoms with van der Waals surface area (Å²) in [7, 11) is -4.84. The minimum atomic E-state index is -3.93. The normalized spacial score (nSPS) is 23.5. The second kappa shape index (κ2) is 30.1. The summed E-state index contributed by atoms with van der Waals surface area (Å²) in [4.78, 5) is 119. The lowest BCUT2D eigenvalue weighted by molar-refractivity contribution is -0.138. The Morgan fingerprint density at radius 1 is 0.557 bits per heavy atom. The van der Waals surface area contributed by atoms with Crippen LogP contribution in [-0.2, 0) is 48.8 Å².